The molecule has 0 amide bonds. The molecule has 0 saturated heterocycles. The van der Waals surface area contributed by atoms with Crippen molar-refractivity contribution in [3.63, 3.8) is 0 Å². The fourth-order valence-corrected chi connectivity index (χ4v) is 2.33. The molecule has 0 radical (unpaired) electrons. The van der Waals surface area contributed by atoms with Crippen LogP contribution in [0.25, 0.3) is 11.3 Å². The minimum Gasteiger partial charge on any atom is -0.397 e. The number of nitrogen functional groups attached to an aromatic ring is 1. The van der Waals surface area contributed by atoms with Gasteiger partial charge in [-0.05, 0) is 24.3 Å². The summed E-state index contributed by atoms with van der Waals surface area (Å²) < 4.78 is 0. The van der Waals surface area contributed by atoms with E-state index < -0.39 is 0 Å². The Morgan fingerprint density at radius 2 is 1.95 bits per heavy atom. The van der Waals surface area contributed by atoms with Crippen LogP contribution in [-0.4, -0.2) is 4.98 Å². The zero-order chi connectivity index (χ0) is 14.0. The lowest BCUT2D eigenvalue weighted by atomic mass is 10.1. The van der Waals surface area contributed by atoms with Crippen molar-refractivity contribution in [1.82, 2.24) is 4.98 Å². The van der Waals surface area contributed by atoms with Gasteiger partial charge in [0.25, 0.3) is 0 Å². The van der Waals surface area contributed by atoms with Crippen molar-refractivity contribution < 1.29 is 0 Å². The van der Waals surface area contributed by atoms with Gasteiger partial charge >= 0.3 is 0 Å². The predicted octanol–water partition coefficient (Wildman–Crippen LogP) is 4.36. The summed E-state index contributed by atoms with van der Waals surface area (Å²) in [6.07, 6.45) is 0.194. The number of aromatic nitrogens is 1. The summed E-state index contributed by atoms with van der Waals surface area (Å²) in [5, 5.41) is 9.81. The lowest BCUT2D eigenvalue weighted by Crippen LogP contribution is -1.98. The van der Waals surface area contributed by atoms with E-state index in [1.807, 2.05) is 6.07 Å². The number of nitriles is 1. The summed E-state index contributed by atoms with van der Waals surface area (Å²) in [5.74, 6) is 0. The van der Waals surface area contributed by atoms with Crippen molar-refractivity contribution in [2.24, 2.45) is 0 Å². The fraction of sp³-hybridized carbons (Fsp3) is 0.0769. The molecule has 0 spiro atoms. The number of hydrogen-bond donors (Lipinski definition) is 1. The number of anilines is 1. The zero-order valence-corrected chi connectivity index (χ0v) is 11.9. The van der Waals surface area contributed by atoms with E-state index in [0.717, 1.165) is 0 Å². The van der Waals surface area contributed by atoms with E-state index >= 15 is 0 Å². The molecule has 0 aliphatic carbocycles. The summed E-state index contributed by atoms with van der Waals surface area (Å²) in [6, 6.07) is 8.60. The van der Waals surface area contributed by atoms with Crippen LogP contribution >= 0.6 is 34.8 Å². The number of benzene rings is 1. The van der Waals surface area contributed by atoms with Crippen LogP contribution in [0.15, 0.2) is 24.3 Å². The minimum absolute atomic E-state index is 0.194. The van der Waals surface area contributed by atoms with Gasteiger partial charge in [0.15, 0.2) is 0 Å². The minimum atomic E-state index is 0.194. The van der Waals surface area contributed by atoms with Crippen LogP contribution in [0.3, 0.4) is 0 Å². The highest BCUT2D eigenvalue weighted by molar-refractivity contribution is 6.45. The first-order valence-electron chi connectivity index (χ1n) is 5.30. The fourth-order valence-electron chi connectivity index (χ4n) is 1.63. The van der Waals surface area contributed by atoms with Gasteiger partial charge in [0.2, 0.25) is 0 Å². The molecule has 19 heavy (non-hydrogen) atoms. The van der Waals surface area contributed by atoms with Crippen molar-refractivity contribution in [3.05, 3.63) is 45.0 Å². The molecule has 6 heteroatoms. The molecule has 2 rings (SSSR count). The first-order valence-corrected chi connectivity index (χ1v) is 6.43. The monoisotopic (exact) mass is 311 g/mol. The molecule has 0 unspecified atom stereocenters. The van der Waals surface area contributed by atoms with Gasteiger partial charge in [-0.2, -0.15) is 5.26 Å². The van der Waals surface area contributed by atoms with Gasteiger partial charge in [-0.3, -0.25) is 0 Å². The maximum atomic E-state index is 8.70. The molecule has 96 valence electrons. The predicted molar refractivity (Wildman–Crippen MR) is 78.4 cm³/mol. The molecule has 0 atom stereocenters. The quantitative estimate of drug-likeness (QED) is 0.838. The second-order valence-electron chi connectivity index (χ2n) is 3.82. The normalized spacial score (nSPS) is 10.2. The molecular weight excluding hydrogens is 305 g/mol. The van der Waals surface area contributed by atoms with Gasteiger partial charge in [0, 0.05) is 10.6 Å². The first kappa shape index (κ1) is 14.0. The van der Waals surface area contributed by atoms with E-state index in [1.54, 1.807) is 24.3 Å². The molecule has 1 heterocycles. The van der Waals surface area contributed by atoms with Crippen molar-refractivity contribution in [1.29, 1.82) is 5.26 Å². The number of halogens is 3. The van der Waals surface area contributed by atoms with Crippen molar-refractivity contribution >= 4 is 40.5 Å². The van der Waals surface area contributed by atoms with Gasteiger partial charge in [-0.25, -0.2) is 4.98 Å². The number of nitrogens with two attached hydrogens (primary N) is 1. The largest absolute Gasteiger partial charge is 0.397 e. The maximum Gasteiger partial charge on any atom is 0.0950 e. The van der Waals surface area contributed by atoms with Crippen LogP contribution in [-0.2, 0) is 6.42 Å². The van der Waals surface area contributed by atoms with Gasteiger partial charge in [0.1, 0.15) is 0 Å². The van der Waals surface area contributed by atoms with E-state index in [1.165, 1.54) is 0 Å². The van der Waals surface area contributed by atoms with E-state index in [0.29, 0.717) is 37.7 Å². The second-order valence-corrected chi connectivity index (χ2v) is 5.05. The standard InChI is InChI=1S/C13H8Cl3N3/c14-7-5-9(12(16)10(15)6-7)13-11(18)2-1-8(19-13)3-4-17/h1-2,5-6H,3,18H2. The van der Waals surface area contributed by atoms with Crippen molar-refractivity contribution in [2.75, 3.05) is 5.73 Å². The number of nitrogens with zero attached hydrogens (tertiary/aromatic N) is 2. The smallest absolute Gasteiger partial charge is 0.0950 e. The first-order chi connectivity index (χ1) is 9.02. The molecule has 0 aliphatic rings. The van der Waals surface area contributed by atoms with Gasteiger partial charge in [0.05, 0.1) is 39.6 Å². The van der Waals surface area contributed by atoms with Crippen LogP contribution in [0.2, 0.25) is 15.1 Å². The number of pyridine rings is 1. The third kappa shape index (κ3) is 2.93. The summed E-state index contributed by atoms with van der Waals surface area (Å²) in [4.78, 5) is 4.33. The summed E-state index contributed by atoms with van der Waals surface area (Å²) >= 11 is 18.1. The average Bonchev–Trinajstić information content (AvgIpc) is 2.36. The molecule has 1 aromatic heterocycles. The van der Waals surface area contributed by atoms with Crippen LogP contribution in [0.4, 0.5) is 5.69 Å². The maximum absolute atomic E-state index is 8.70. The SMILES string of the molecule is N#CCc1ccc(N)c(-c2cc(Cl)cc(Cl)c2Cl)n1. The molecule has 1 aromatic carbocycles. The van der Waals surface area contributed by atoms with E-state index in [4.69, 9.17) is 45.8 Å². The van der Waals surface area contributed by atoms with Crippen molar-refractivity contribution in [3.8, 4) is 17.3 Å². The number of hydrogen-bond acceptors (Lipinski definition) is 3. The molecule has 3 nitrogen and oxygen atoms in total. The highest BCUT2D eigenvalue weighted by atomic mass is 35.5. The summed E-state index contributed by atoms with van der Waals surface area (Å²) in [5.41, 5.74) is 7.98. The molecule has 0 aliphatic heterocycles. The van der Waals surface area contributed by atoms with Crippen molar-refractivity contribution in [2.45, 2.75) is 6.42 Å². The Kier molecular flexibility index (Phi) is 4.16. The Hall–Kier alpha value is -1.47. The number of rotatable bonds is 2. The summed E-state index contributed by atoms with van der Waals surface area (Å²) in [7, 11) is 0. The van der Waals surface area contributed by atoms with E-state index in [2.05, 4.69) is 4.98 Å². The topological polar surface area (TPSA) is 62.7 Å². The zero-order valence-electron chi connectivity index (χ0n) is 9.62. The molecule has 0 bridgehead atoms. The molecule has 0 saturated carbocycles. The van der Waals surface area contributed by atoms with Crippen LogP contribution < -0.4 is 5.73 Å². The molecular formula is C13H8Cl3N3. The van der Waals surface area contributed by atoms with E-state index in [-0.39, 0.29) is 6.42 Å². The highest BCUT2D eigenvalue weighted by Gasteiger charge is 2.13. The Balaban J connectivity index is 2.65. The third-order valence-electron chi connectivity index (χ3n) is 2.49. The highest BCUT2D eigenvalue weighted by Crippen LogP contribution is 2.37. The second kappa shape index (κ2) is 5.66. The van der Waals surface area contributed by atoms with Crippen LogP contribution in [0.1, 0.15) is 5.69 Å². The average molecular weight is 313 g/mol. The Morgan fingerprint density at radius 1 is 1.21 bits per heavy atom. The van der Waals surface area contributed by atoms with Gasteiger partial charge < -0.3 is 5.73 Å². The lowest BCUT2D eigenvalue weighted by molar-refractivity contribution is 1.12. The Morgan fingerprint density at radius 3 is 2.63 bits per heavy atom. The summed E-state index contributed by atoms with van der Waals surface area (Å²) in [6.45, 7) is 0. The van der Waals surface area contributed by atoms with E-state index in [9.17, 15) is 0 Å². The molecule has 2 N–H and O–H groups in total. The molecule has 2 aromatic rings. The molecule has 0 fully saturated rings. The lowest BCUT2D eigenvalue weighted by Gasteiger charge is -2.10. The van der Waals surface area contributed by atoms with Gasteiger partial charge in [-0.1, -0.05) is 34.8 Å². The van der Waals surface area contributed by atoms with Gasteiger partial charge in [-0.15, -0.1) is 0 Å². The Bertz CT molecular complexity index is 678. The van der Waals surface area contributed by atoms with Crippen LogP contribution in [0, 0.1) is 11.3 Å². The Labute approximate surface area is 125 Å². The third-order valence-corrected chi connectivity index (χ3v) is 3.51. The van der Waals surface area contributed by atoms with Crippen LogP contribution in [0.5, 0.6) is 0 Å².